The van der Waals surface area contributed by atoms with Gasteiger partial charge in [0.2, 0.25) is 12.2 Å². The summed E-state index contributed by atoms with van der Waals surface area (Å²) in [6, 6.07) is 24.9. The molecule has 0 bridgehead atoms. The summed E-state index contributed by atoms with van der Waals surface area (Å²) < 4.78 is 46.9. The molecule has 17 nitrogen and oxygen atoms in total. The maximum Gasteiger partial charge on any atom is 0.524 e. The molecule has 3 fully saturated rings. The first kappa shape index (κ1) is 46.4. The first-order chi connectivity index (χ1) is 30.1. The summed E-state index contributed by atoms with van der Waals surface area (Å²) in [7, 11) is -5.36. The van der Waals surface area contributed by atoms with Crippen molar-refractivity contribution in [3.05, 3.63) is 135 Å². The minimum absolute atomic E-state index is 0.0151. The van der Waals surface area contributed by atoms with Crippen molar-refractivity contribution in [1.82, 2.24) is 5.32 Å². The third-order valence-electron chi connectivity index (χ3n) is 11.1. The first-order valence-corrected chi connectivity index (χ1v) is 21.9. The predicted octanol–water partition coefficient (Wildman–Crippen LogP) is 2.78. The topological polar surface area (TPSA) is 267 Å². The van der Waals surface area contributed by atoms with E-state index in [1.54, 1.807) is 42.5 Å². The lowest BCUT2D eigenvalue weighted by atomic mass is 9.83. The quantitative estimate of drug-likeness (QED) is 0.0445. The van der Waals surface area contributed by atoms with Crippen LogP contribution in [0.15, 0.2) is 96.6 Å². The first-order valence-electron chi connectivity index (χ1n) is 19.9. The fraction of sp³-hybridized carbons (Fsp3) is 0.364. The average molecular weight is 911 g/mol. The summed E-state index contributed by atoms with van der Waals surface area (Å²) in [6.45, 7) is 1.20. The largest absolute Gasteiger partial charge is 0.524 e. The smallest absolute Gasteiger partial charge is 0.458 e. The molecule has 0 aromatic heterocycles. The van der Waals surface area contributed by atoms with Gasteiger partial charge in [0, 0.05) is 28.8 Å². The number of benzene rings is 4. The van der Waals surface area contributed by atoms with Crippen LogP contribution in [0.25, 0.3) is 6.08 Å². The molecule has 336 valence electrons. The molecule has 19 heteroatoms. The van der Waals surface area contributed by atoms with Gasteiger partial charge in [0.05, 0.1) is 12.6 Å². The summed E-state index contributed by atoms with van der Waals surface area (Å²) in [6.07, 6.45) is -11.7. The van der Waals surface area contributed by atoms with E-state index in [4.69, 9.17) is 45.2 Å². The summed E-state index contributed by atoms with van der Waals surface area (Å²) in [5.41, 5.74) is 3.22. The molecule has 2 aliphatic heterocycles. The van der Waals surface area contributed by atoms with Crippen molar-refractivity contribution in [2.24, 2.45) is 0 Å². The highest BCUT2D eigenvalue weighted by atomic mass is 35.5. The van der Waals surface area contributed by atoms with Crippen molar-refractivity contribution < 1.29 is 72.9 Å². The van der Waals surface area contributed by atoms with Gasteiger partial charge in [0.15, 0.2) is 11.5 Å². The zero-order valence-corrected chi connectivity index (χ0v) is 35.4. The summed E-state index contributed by atoms with van der Waals surface area (Å²) in [5, 5.41) is 66.3. The molecule has 11 unspecified atom stereocenters. The minimum atomic E-state index is -5.36. The van der Waals surface area contributed by atoms with Gasteiger partial charge in [0.25, 0.3) is 0 Å². The maximum absolute atomic E-state index is 13.8. The van der Waals surface area contributed by atoms with Gasteiger partial charge in [-0.15, -0.1) is 0 Å². The van der Waals surface area contributed by atoms with E-state index >= 15 is 0 Å². The number of ether oxygens (including phenoxy) is 5. The zero-order valence-electron chi connectivity index (χ0n) is 33.7. The number of hydrogen-bond acceptors (Lipinski definition) is 14. The van der Waals surface area contributed by atoms with E-state index in [9.17, 15) is 44.7 Å². The van der Waals surface area contributed by atoms with E-state index in [2.05, 4.69) is 5.32 Å². The van der Waals surface area contributed by atoms with Crippen molar-refractivity contribution in [3.63, 3.8) is 0 Å². The van der Waals surface area contributed by atoms with Gasteiger partial charge in [-0.1, -0.05) is 84.4 Å². The number of phosphoric acid groups is 1. The van der Waals surface area contributed by atoms with E-state index in [1.165, 1.54) is 19.1 Å². The van der Waals surface area contributed by atoms with E-state index < -0.39 is 86.7 Å². The Hall–Kier alpha value is -4.56. The molecule has 2 heterocycles. The molecule has 1 amide bonds. The highest BCUT2D eigenvalue weighted by Gasteiger charge is 2.54. The van der Waals surface area contributed by atoms with Crippen LogP contribution in [0, 0.1) is 5.41 Å². The average Bonchev–Trinajstić information content (AvgIpc) is 3.86. The Morgan fingerprint density at radius 1 is 0.841 bits per heavy atom. The second-order valence-corrected chi connectivity index (χ2v) is 17.1. The Kier molecular flexibility index (Phi) is 14.8. The summed E-state index contributed by atoms with van der Waals surface area (Å²) >= 11 is 6.12. The third kappa shape index (κ3) is 10.9. The number of carbonyl (C=O) groups excluding carboxylic acids is 1. The number of halogens is 1. The monoisotopic (exact) mass is 910 g/mol. The molecule has 1 saturated carbocycles. The second kappa shape index (κ2) is 20.1. The van der Waals surface area contributed by atoms with Crippen LogP contribution in [-0.4, -0.2) is 122 Å². The van der Waals surface area contributed by atoms with Gasteiger partial charge in [-0.25, -0.2) is 4.57 Å². The third-order valence-corrected chi connectivity index (χ3v) is 11.8. The summed E-state index contributed by atoms with van der Waals surface area (Å²) in [4.78, 5) is 34.3. The predicted molar refractivity (Wildman–Crippen MR) is 226 cm³/mol. The van der Waals surface area contributed by atoms with Crippen LogP contribution in [0.3, 0.4) is 0 Å². The number of carbonyl (C=O) groups is 1. The molecule has 4 aromatic carbocycles. The Morgan fingerprint density at radius 3 is 2.08 bits per heavy atom. The molecule has 11 atom stereocenters. The SMILES string of the molecule is C/C(=C\c1cc(OP(=O)(O)O)c(OC2OC(C(C=N)OCc3cccc(Cl)c3)C(O)C2O)c(Cc2ccccc2)c1Cc1ccccc1)C(=O)NC1C(O)C(O)C2OCOC2C1O. The van der Waals surface area contributed by atoms with Crippen LogP contribution in [0.4, 0.5) is 0 Å². The van der Waals surface area contributed by atoms with Crippen molar-refractivity contribution in [2.45, 2.75) is 93.6 Å². The normalized spacial score (nSPS) is 27.7. The number of rotatable bonds is 16. The lowest BCUT2D eigenvalue weighted by Gasteiger charge is -2.41. The van der Waals surface area contributed by atoms with Crippen LogP contribution >= 0.6 is 19.4 Å². The molecule has 63 heavy (non-hydrogen) atoms. The van der Waals surface area contributed by atoms with Gasteiger partial charge >= 0.3 is 7.82 Å². The van der Waals surface area contributed by atoms with Gasteiger partial charge in [-0.2, -0.15) is 0 Å². The van der Waals surface area contributed by atoms with Gasteiger partial charge in [0.1, 0.15) is 61.7 Å². The molecule has 3 aliphatic rings. The standard InChI is InChI=1S/C44H48ClN2O15P/c1-23(43(53)47-33-34(48)36(50)42-41(35(33)49)58-22-59-42)15-27-19-31(62-63(54,55)56)39(30(18-25-11-6-3-7-12-25)29(27)17-24-9-4-2-5-10-24)60-44-38(52)37(51)40(61-44)32(20-46)57-21-26-13-8-14-28(45)16-26/h2-16,19-20,32-38,40-42,44,46,48-52H,17-18,21-22H2,1H3,(H,47,53)(H2,54,55,56)/b23-15+,46-20?. The lowest BCUT2D eigenvalue weighted by molar-refractivity contribution is -0.155. The number of amides is 1. The Bertz CT molecular complexity index is 2320. The van der Waals surface area contributed by atoms with Crippen molar-refractivity contribution in [1.29, 1.82) is 5.41 Å². The Balaban J connectivity index is 1.29. The number of nitrogens with one attached hydrogen (secondary N) is 2. The lowest BCUT2D eigenvalue weighted by Crippen LogP contribution is -2.67. The van der Waals surface area contributed by atoms with E-state index in [1.807, 2.05) is 42.5 Å². The molecular formula is C44H48ClN2O15P. The van der Waals surface area contributed by atoms with Gasteiger partial charge in [-0.05, 0) is 65.4 Å². The van der Waals surface area contributed by atoms with Crippen LogP contribution in [0.2, 0.25) is 5.02 Å². The molecular weight excluding hydrogens is 863 g/mol. The maximum atomic E-state index is 13.8. The number of aliphatic hydroxyl groups is 5. The summed E-state index contributed by atoms with van der Waals surface area (Å²) in [5.74, 6) is -1.53. The highest BCUT2D eigenvalue weighted by Crippen LogP contribution is 2.48. The van der Waals surface area contributed by atoms with E-state index in [0.717, 1.165) is 11.8 Å². The zero-order chi connectivity index (χ0) is 45.0. The number of phosphoric ester groups is 1. The second-order valence-electron chi connectivity index (χ2n) is 15.5. The molecule has 7 rings (SSSR count). The molecule has 2 saturated heterocycles. The minimum Gasteiger partial charge on any atom is -0.458 e. The Labute approximate surface area is 367 Å². The van der Waals surface area contributed by atoms with Gasteiger partial charge in [-0.3, -0.25) is 14.6 Å². The van der Waals surface area contributed by atoms with Crippen molar-refractivity contribution in [2.75, 3.05) is 6.79 Å². The molecule has 4 aromatic rings. The van der Waals surface area contributed by atoms with Crippen LogP contribution < -0.4 is 14.6 Å². The van der Waals surface area contributed by atoms with Crippen molar-refractivity contribution in [3.8, 4) is 11.5 Å². The van der Waals surface area contributed by atoms with Crippen LogP contribution in [-0.2, 0) is 47.8 Å². The number of fused-ring (bicyclic) bond motifs is 1. The fourth-order valence-electron chi connectivity index (χ4n) is 7.94. The highest BCUT2D eigenvalue weighted by molar-refractivity contribution is 7.46. The van der Waals surface area contributed by atoms with Crippen LogP contribution in [0.1, 0.15) is 40.3 Å². The number of aliphatic hydroxyl groups excluding tert-OH is 5. The molecule has 0 spiro atoms. The van der Waals surface area contributed by atoms with Gasteiger partial charge < -0.3 is 64.5 Å². The van der Waals surface area contributed by atoms with E-state index in [0.29, 0.717) is 27.3 Å². The molecule has 0 radical (unpaired) electrons. The van der Waals surface area contributed by atoms with Crippen molar-refractivity contribution >= 4 is 37.6 Å². The fourth-order valence-corrected chi connectivity index (χ4v) is 8.54. The molecule has 1 aliphatic carbocycles. The molecule has 9 N–H and O–H groups in total. The van der Waals surface area contributed by atoms with E-state index in [-0.39, 0.29) is 43.1 Å². The number of hydrogen-bond donors (Lipinski definition) is 9. The van der Waals surface area contributed by atoms with Crippen LogP contribution in [0.5, 0.6) is 11.5 Å². The Morgan fingerprint density at radius 2 is 1.46 bits per heavy atom.